The van der Waals surface area contributed by atoms with Crippen LogP contribution < -0.4 is 5.32 Å². The second-order valence-electron chi connectivity index (χ2n) is 4.08. The largest absolute Gasteiger partial charge is 0.451 e. The maximum absolute atomic E-state index is 11.9. The van der Waals surface area contributed by atoms with E-state index < -0.39 is 0 Å². The minimum absolute atomic E-state index is 0.283. The van der Waals surface area contributed by atoms with Gasteiger partial charge in [0.2, 0.25) is 0 Å². The molecule has 0 aliphatic heterocycles. The molecule has 2 heterocycles. The summed E-state index contributed by atoms with van der Waals surface area (Å²) in [5.74, 6) is 0.523. The van der Waals surface area contributed by atoms with E-state index in [4.69, 9.17) is 4.42 Å². The van der Waals surface area contributed by atoms with Crippen molar-refractivity contribution in [1.29, 1.82) is 0 Å². The standard InChI is InChI=1S/C13H11N3O2/c1-8-2-3-9-7-11(18-10(9)6-8)13(17)15-12-4-5-14-16-12/h2-7H,1H3,(H2,14,15,16,17). The number of aromatic nitrogens is 2. The maximum Gasteiger partial charge on any atom is 0.292 e. The van der Waals surface area contributed by atoms with Crippen LogP contribution in [0.5, 0.6) is 0 Å². The average molecular weight is 241 g/mol. The minimum atomic E-state index is -0.298. The van der Waals surface area contributed by atoms with E-state index in [1.165, 1.54) is 0 Å². The Balaban J connectivity index is 1.92. The molecule has 5 nitrogen and oxygen atoms in total. The van der Waals surface area contributed by atoms with Gasteiger partial charge in [-0.05, 0) is 24.6 Å². The van der Waals surface area contributed by atoms with Crippen LogP contribution in [0.4, 0.5) is 5.82 Å². The molecule has 0 radical (unpaired) electrons. The van der Waals surface area contributed by atoms with Crippen LogP contribution in [0.25, 0.3) is 11.0 Å². The van der Waals surface area contributed by atoms with E-state index in [2.05, 4.69) is 15.5 Å². The van der Waals surface area contributed by atoms with Gasteiger partial charge < -0.3 is 9.73 Å². The van der Waals surface area contributed by atoms with Gasteiger partial charge >= 0.3 is 0 Å². The number of hydrogen-bond acceptors (Lipinski definition) is 3. The number of amides is 1. The number of carbonyl (C=O) groups is 1. The first kappa shape index (κ1) is 10.6. The lowest BCUT2D eigenvalue weighted by Gasteiger charge is -1.97. The highest BCUT2D eigenvalue weighted by Crippen LogP contribution is 2.21. The molecule has 0 aliphatic carbocycles. The van der Waals surface area contributed by atoms with Crippen molar-refractivity contribution in [3.63, 3.8) is 0 Å². The SMILES string of the molecule is Cc1ccc2cc(C(=O)Nc3ccn[nH]3)oc2c1. The predicted octanol–water partition coefficient (Wildman–Crippen LogP) is 2.72. The smallest absolute Gasteiger partial charge is 0.292 e. The van der Waals surface area contributed by atoms with E-state index in [0.29, 0.717) is 11.4 Å². The van der Waals surface area contributed by atoms with Crippen LogP contribution in [0, 0.1) is 6.92 Å². The summed E-state index contributed by atoms with van der Waals surface area (Å²) in [7, 11) is 0. The zero-order valence-electron chi connectivity index (χ0n) is 9.73. The third-order valence-electron chi connectivity index (χ3n) is 2.65. The zero-order valence-corrected chi connectivity index (χ0v) is 9.73. The summed E-state index contributed by atoms with van der Waals surface area (Å²) < 4.78 is 5.51. The first-order valence-corrected chi connectivity index (χ1v) is 5.53. The van der Waals surface area contributed by atoms with E-state index in [1.807, 2.05) is 25.1 Å². The molecule has 0 bridgehead atoms. The van der Waals surface area contributed by atoms with Gasteiger partial charge in [0.25, 0.3) is 5.91 Å². The van der Waals surface area contributed by atoms with Gasteiger partial charge in [0.1, 0.15) is 11.4 Å². The summed E-state index contributed by atoms with van der Waals surface area (Å²) in [6.45, 7) is 1.98. The van der Waals surface area contributed by atoms with Gasteiger partial charge in [-0.15, -0.1) is 0 Å². The van der Waals surface area contributed by atoms with Gasteiger partial charge in [-0.1, -0.05) is 12.1 Å². The van der Waals surface area contributed by atoms with Gasteiger partial charge in [-0.3, -0.25) is 9.89 Å². The van der Waals surface area contributed by atoms with E-state index in [9.17, 15) is 4.79 Å². The van der Waals surface area contributed by atoms with E-state index in [0.717, 1.165) is 10.9 Å². The Hall–Kier alpha value is -2.56. The van der Waals surface area contributed by atoms with Gasteiger partial charge in [-0.25, -0.2) is 0 Å². The van der Waals surface area contributed by atoms with Crippen molar-refractivity contribution in [3.05, 3.63) is 47.9 Å². The van der Waals surface area contributed by atoms with Crippen LogP contribution in [-0.2, 0) is 0 Å². The molecule has 0 fully saturated rings. The molecule has 5 heteroatoms. The van der Waals surface area contributed by atoms with Crippen molar-refractivity contribution in [2.45, 2.75) is 6.92 Å². The fraction of sp³-hybridized carbons (Fsp3) is 0.0769. The Morgan fingerprint density at radius 1 is 1.33 bits per heavy atom. The number of rotatable bonds is 2. The molecule has 0 atom stereocenters. The van der Waals surface area contributed by atoms with Crippen molar-refractivity contribution in [2.24, 2.45) is 0 Å². The third kappa shape index (κ3) is 1.86. The lowest BCUT2D eigenvalue weighted by Crippen LogP contribution is -2.10. The van der Waals surface area contributed by atoms with Gasteiger partial charge in [0, 0.05) is 11.5 Å². The highest BCUT2D eigenvalue weighted by atomic mass is 16.3. The zero-order chi connectivity index (χ0) is 12.5. The molecular weight excluding hydrogens is 230 g/mol. The van der Waals surface area contributed by atoms with E-state index in [1.54, 1.807) is 18.3 Å². The molecule has 1 amide bonds. The molecular formula is C13H11N3O2. The number of nitrogens with zero attached hydrogens (tertiary/aromatic N) is 1. The van der Waals surface area contributed by atoms with Gasteiger partial charge in [0.05, 0.1) is 6.20 Å². The average Bonchev–Trinajstić information content (AvgIpc) is 2.96. The van der Waals surface area contributed by atoms with Gasteiger partial charge in [0.15, 0.2) is 5.76 Å². The first-order valence-electron chi connectivity index (χ1n) is 5.53. The molecule has 1 aromatic carbocycles. The summed E-state index contributed by atoms with van der Waals surface area (Å²) in [5, 5.41) is 9.99. The number of benzene rings is 1. The lowest BCUT2D eigenvalue weighted by atomic mass is 10.2. The third-order valence-corrected chi connectivity index (χ3v) is 2.65. The lowest BCUT2D eigenvalue weighted by molar-refractivity contribution is 0.0998. The van der Waals surface area contributed by atoms with Crippen molar-refractivity contribution in [3.8, 4) is 0 Å². The minimum Gasteiger partial charge on any atom is -0.451 e. The van der Waals surface area contributed by atoms with Crippen LogP contribution in [0.1, 0.15) is 16.1 Å². The van der Waals surface area contributed by atoms with Crippen molar-refractivity contribution in [2.75, 3.05) is 5.32 Å². The number of carbonyl (C=O) groups excluding carboxylic acids is 1. The number of H-pyrrole nitrogens is 1. The van der Waals surface area contributed by atoms with Crippen LogP contribution >= 0.6 is 0 Å². The second-order valence-corrected chi connectivity index (χ2v) is 4.08. The Kier molecular flexibility index (Phi) is 2.37. The molecule has 2 aromatic heterocycles. The van der Waals surface area contributed by atoms with Crippen molar-refractivity contribution < 1.29 is 9.21 Å². The second kappa shape index (κ2) is 4.03. The molecule has 3 rings (SSSR count). The number of nitrogens with one attached hydrogen (secondary N) is 2. The number of hydrogen-bond donors (Lipinski definition) is 2. The number of fused-ring (bicyclic) bond motifs is 1. The molecule has 0 unspecified atom stereocenters. The Morgan fingerprint density at radius 2 is 2.22 bits per heavy atom. The summed E-state index contributed by atoms with van der Waals surface area (Å²) in [6, 6.07) is 9.21. The monoisotopic (exact) mass is 241 g/mol. The van der Waals surface area contributed by atoms with Gasteiger partial charge in [-0.2, -0.15) is 5.10 Å². The highest BCUT2D eigenvalue weighted by molar-refractivity contribution is 6.04. The van der Waals surface area contributed by atoms with Crippen LogP contribution in [0.3, 0.4) is 0 Å². The van der Waals surface area contributed by atoms with Crippen LogP contribution in [0.2, 0.25) is 0 Å². The van der Waals surface area contributed by atoms with Crippen molar-refractivity contribution >= 4 is 22.7 Å². The molecule has 0 saturated carbocycles. The number of aromatic amines is 1. The van der Waals surface area contributed by atoms with Crippen LogP contribution in [0.15, 0.2) is 40.9 Å². The molecule has 2 N–H and O–H groups in total. The molecule has 18 heavy (non-hydrogen) atoms. The van der Waals surface area contributed by atoms with Crippen molar-refractivity contribution in [1.82, 2.24) is 10.2 Å². The number of furan rings is 1. The quantitative estimate of drug-likeness (QED) is 0.724. The summed E-state index contributed by atoms with van der Waals surface area (Å²) in [6.07, 6.45) is 1.57. The summed E-state index contributed by atoms with van der Waals surface area (Å²) >= 11 is 0. The number of anilines is 1. The first-order chi connectivity index (χ1) is 8.72. The Morgan fingerprint density at radius 3 is 3.00 bits per heavy atom. The fourth-order valence-corrected chi connectivity index (χ4v) is 1.76. The molecule has 90 valence electrons. The molecule has 0 aliphatic rings. The Labute approximate surface area is 103 Å². The highest BCUT2D eigenvalue weighted by Gasteiger charge is 2.12. The number of aryl methyl sites for hydroxylation is 1. The normalized spacial score (nSPS) is 10.7. The van der Waals surface area contributed by atoms with Crippen LogP contribution in [-0.4, -0.2) is 16.1 Å². The van der Waals surface area contributed by atoms with E-state index >= 15 is 0 Å². The molecule has 0 spiro atoms. The van der Waals surface area contributed by atoms with E-state index in [-0.39, 0.29) is 11.7 Å². The summed E-state index contributed by atoms with van der Waals surface area (Å²) in [5.41, 5.74) is 1.81. The molecule has 0 saturated heterocycles. The Bertz CT molecular complexity index is 698. The predicted molar refractivity (Wildman–Crippen MR) is 67.5 cm³/mol. The maximum atomic E-state index is 11.9. The molecule has 3 aromatic rings. The fourth-order valence-electron chi connectivity index (χ4n) is 1.76. The summed E-state index contributed by atoms with van der Waals surface area (Å²) in [4.78, 5) is 11.9. The topological polar surface area (TPSA) is 70.9 Å².